The Balaban J connectivity index is 1.92. The zero-order valence-electron chi connectivity index (χ0n) is 17.3. The van der Waals surface area contributed by atoms with Crippen molar-refractivity contribution in [2.24, 2.45) is 0 Å². The summed E-state index contributed by atoms with van der Waals surface area (Å²) in [5, 5.41) is 9.68. The Kier molecular flexibility index (Phi) is 6.14. The molecule has 0 aliphatic rings. The minimum atomic E-state index is -4.17. The van der Waals surface area contributed by atoms with Crippen molar-refractivity contribution in [3.63, 3.8) is 0 Å². The Morgan fingerprint density at radius 2 is 1.79 bits per heavy atom. The minimum Gasteiger partial charge on any atom is -0.438 e. The molecule has 9 heteroatoms. The van der Waals surface area contributed by atoms with Crippen molar-refractivity contribution in [3.8, 4) is 17.7 Å². The second-order valence-electron chi connectivity index (χ2n) is 7.06. The summed E-state index contributed by atoms with van der Waals surface area (Å²) in [6.45, 7) is 1.82. The lowest BCUT2D eigenvalue weighted by Crippen LogP contribution is -2.19. The number of hydrogen-bond donors (Lipinski definition) is 0. The number of halogens is 1. The molecule has 0 amide bonds. The summed E-state index contributed by atoms with van der Waals surface area (Å²) >= 11 is 3.34. The summed E-state index contributed by atoms with van der Waals surface area (Å²) < 4.78 is 34.1. The maximum atomic E-state index is 13.2. The number of pyridine rings is 1. The van der Waals surface area contributed by atoms with Gasteiger partial charge >= 0.3 is 0 Å². The Bertz CT molecular complexity index is 1580. The third-order valence-electron chi connectivity index (χ3n) is 4.77. The molecule has 0 atom stereocenters. The fraction of sp³-hybridized carbons (Fsp3) is 0.0417. The number of fused-ring (bicyclic) bond motifs is 1. The smallest absolute Gasteiger partial charge is 0.269 e. The van der Waals surface area contributed by atoms with Crippen LogP contribution in [0.3, 0.4) is 0 Å². The van der Waals surface area contributed by atoms with E-state index in [-0.39, 0.29) is 16.3 Å². The number of nitriles is 1. The Morgan fingerprint density at radius 3 is 2.45 bits per heavy atom. The zero-order chi connectivity index (χ0) is 23.6. The van der Waals surface area contributed by atoms with Gasteiger partial charge in [0, 0.05) is 10.7 Å². The summed E-state index contributed by atoms with van der Waals surface area (Å²) in [6.07, 6.45) is 2.52. The number of nitrogens with zero attached hydrogens (tertiary/aromatic N) is 3. The van der Waals surface area contributed by atoms with Gasteiger partial charge in [-0.05, 0) is 61.5 Å². The van der Waals surface area contributed by atoms with Gasteiger partial charge in [0.25, 0.3) is 5.56 Å². The van der Waals surface area contributed by atoms with Crippen LogP contribution in [0.5, 0.6) is 11.6 Å². The molecule has 2 aromatic heterocycles. The van der Waals surface area contributed by atoms with E-state index in [1.54, 1.807) is 60.7 Å². The summed E-state index contributed by atoms with van der Waals surface area (Å²) in [5.41, 5.74) is 0.457. The van der Waals surface area contributed by atoms with Crippen molar-refractivity contribution in [1.29, 1.82) is 5.26 Å². The fourth-order valence-electron chi connectivity index (χ4n) is 3.04. The summed E-state index contributed by atoms with van der Waals surface area (Å²) in [7, 11) is -4.17. The van der Waals surface area contributed by atoms with Gasteiger partial charge in [-0.15, -0.1) is 0 Å². The molecule has 0 saturated carbocycles. The first-order valence-electron chi connectivity index (χ1n) is 9.68. The molecule has 0 fully saturated rings. The average Bonchev–Trinajstić information content (AvgIpc) is 2.80. The molecule has 0 bridgehead atoms. The van der Waals surface area contributed by atoms with Gasteiger partial charge in [-0.25, -0.2) is 8.42 Å². The molecule has 33 heavy (non-hydrogen) atoms. The van der Waals surface area contributed by atoms with E-state index >= 15 is 0 Å². The van der Waals surface area contributed by atoms with Crippen LogP contribution in [0.25, 0.3) is 11.7 Å². The van der Waals surface area contributed by atoms with E-state index in [1.165, 1.54) is 22.7 Å². The molecule has 0 aliphatic carbocycles. The summed E-state index contributed by atoms with van der Waals surface area (Å²) in [6, 6.07) is 19.6. The van der Waals surface area contributed by atoms with E-state index in [0.717, 1.165) is 16.1 Å². The van der Waals surface area contributed by atoms with Crippen molar-refractivity contribution in [3.05, 3.63) is 104 Å². The molecule has 0 aliphatic heterocycles. The molecule has 4 aromatic rings. The van der Waals surface area contributed by atoms with E-state index in [0.29, 0.717) is 11.4 Å². The van der Waals surface area contributed by atoms with Gasteiger partial charge in [-0.3, -0.25) is 9.20 Å². The van der Waals surface area contributed by atoms with Gasteiger partial charge in [0.05, 0.1) is 4.90 Å². The van der Waals surface area contributed by atoms with Crippen LogP contribution in [0.1, 0.15) is 11.1 Å². The Labute approximate surface area is 198 Å². The molecule has 2 aromatic carbocycles. The van der Waals surface area contributed by atoms with Crippen LogP contribution in [0.2, 0.25) is 0 Å². The SMILES string of the molecule is Cc1ccc(S(=O)(=O)/C(C#N)=C/c2c(Oc3ccc(Br)cc3)nc3ccccn3c2=O)cc1. The lowest BCUT2D eigenvalue weighted by atomic mass is 10.2. The molecule has 0 saturated heterocycles. The highest BCUT2D eigenvalue weighted by molar-refractivity contribution is 9.10. The van der Waals surface area contributed by atoms with Crippen LogP contribution in [0, 0.1) is 18.3 Å². The second-order valence-corrected chi connectivity index (χ2v) is 9.89. The molecule has 4 rings (SSSR count). The van der Waals surface area contributed by atoms with Crippen molar-refractivity contribution in [1.82, 2.24) is 9.38 Å². The lowest BCUT2D eigenvalue weighted by molar-refractivity contribution is 0.461. The Morgan fingerprint density at radius 1 is 1.09 bits per heavy atom. The van der Waals surface area contributed by atoms with E-state index < -0.39 is 20.3 Å². The molecule has 7 nitrogen and oxygen atoms in total. The third-order valence-corrected chi connectivity index (χ3v) is 6.98. The van der Waals surface area contributed by atoms with Gasteiger partial charge in [0.1, 0.15) is 27.9 Å². The predicted octanol–water partition coefficient (Wildman–Crippen LogP) is 4.90. The first kappa shape index (κ1) is 22.5. The number of sulfone groups is 1. The summed E-state index contributed by atoms with van der Waals surface area (Å²) in [4.78, 5) is 17.0. The third kappa shape index (κ3) is 4.58. The van der Waals surface area contributed by atoms with E-state index in [1.807, 2.05) is 6.92 Å². The van der Waals surface area contributed by atoms with Crippen LogP contribution >= 0.6 is 15.9 Å². The topological polar surface area (TPSA) is 102 Å². The van der Waals surface area contributed by atoms with Crippen LogP contribution in [-0.4, -0.2) is 17.8 Å². The van der Waals surface area contributed by atoms with Crippen LogP contribution in [-0.2, 0) is 9.84 Å². The molecule has 0 N–H and O–H groups in total. The largest absolute Gasteiger partial charge is 0.438 e. The number of hydrogen-bond acceptors (Lipinski definition) is 6. The van der Waals surface area contributed by atoms with Crippen LogP contribution < -0.4 is 10.3 Å². The molecular weight excluding hydrogens is 506 g/mol. The number of aryl methyl sites for hydroxylation is 1. The van der Waals surface area contributed by atoms with Gasteiger partial charge in [0.15, 0.2) is 0 Å². The van der Waals surface area contributed by atoms with Crippen molar-refractivity contribution >= 4 is 37.5 Å². The number of allylic oxidation sites excluding steroid dienone is 1. The standard InChI is InChI=1S/C24H16BrN3O4S/c1-16-5-11-19(12-6-16)33(30,31)20(15-26)14-21-23(32-18-9-7-17(25)8-10-18)27-22-4-2-3-13-28(22)24(21)29/h2-14H,1H3/b20-14+. The zero-order valence-corrected chi connectivity index (χ0v) is 19.7. The first-order valence-corrected chi connectivity index (χ1v) is 12.0. The van der Waals surface area contributed by atoms with Crippen LogP contribution in [0.4, 0.5) is 0 Å². The molecule has 0 radical (unpaired) electrons. The highest BCUT2D eigenvalue weighted by Crippen LogP contribution is 2.27. The Hall–Kier alpha value is -3.74. The number of rotatable bonds is 5. The summed E-state index contributed by atoms with van der Waals surface area (Å²) in [5.74, 6) is 0.278. The van der Waals surface area contributed by atoms with E-state index in [2.05, 4.69) is 20.9 Å². The maximum Gasteiger partial charge on any atom is 0.269 e. The number of benzene rings is 2. The van der Waals surface area contributed by atoms with Crippen molar-refractivity contribution in [2.45, 2.75) is 11.8 Å². The molecule has 0 unspecified atom stereocenters. The van der Waals surface area contributed by atoms with Gasteiger partial charge < -0.3 is 4.74 Å². The van der Waals surface area contributed by atoms with Crippen molar-refractivity contribution in [2.75, 3.05) is 0 Å². The number of ether oxygens (including phenoxy) is 1. The highest BCUT2D eigenvalue weighted by Gasteiger charge is 2.23. The van der Waals surface area contributed by atoms with Gasteiger partial charge in [-0.2, -0.15) is 10.2 Å². The average molecular weight is 522 g/mol. The van der Waals surface area contributed by atoms with Crippen molar-refractivity contribution < 1.29 is 13.2 Å². The quantitative estimate of drug-likeness (QED) is 0.346. The first-order chi connectivity index (χ1) is 15.8. The molecule has 164 valence electrons. The monoisotopic (exact) mass is 521 g/mol. The highest BCUT2D eigenvalue weighted by atomic mass is 79.9. The molecular formula is C24H16BrN3O4S. The normalized spacial score (nSPS) is 11.8. The van der Waals surface area contributed by atoms with E-state index in [9.17, 15) is 18.5 Å². The van der Waals surface area contributed by atoms with Crippen LogP contribution in [0.15, 0.2) is 92.0 Å². The van der Waals surface area contributed by atoms with E-state index in [4.69, 9.17) is 4.74 Å². The fourth-order valence-corrected chi connectivity index (χ4v) is 4.45. The molecule has 2 heterocycles. The van der Waals surface area contributed by atoms with Gasteiger partial charge in [-0.1, -0.05) is 39.7 Å². The minimum absolute atomic E-state index is 0.0508. The maximum absolute atomic E-state index is 13.2. The lowest BCUT2D eigenvalue weighted by Gasteiger charge is -2.10. The number of aromatic nitrogens is 2. The second kappa shape index (κ2) is 9.02. The predicted molar refractivity (Wildman–Crippen MR) is 128 cm³/mol. The van der Waals surface area contributed by atoms with Gasteiger partial charge in [0.2, 0.25) is 15.7 Å². The molecule has 0 spiro atoms.